The van der Waals surface area contributed by atoms with Crippen molar-refractivity contribution in [2.75, 3.05) is 0 Å². The van der Waals surface area contributed by atoms with Crippen molar-refractivity contribution in [1.29, 1.82) is 0 Å². The maximum atomic E-state index is 10.6. The first-order chi connectivity index (χ1) is 5.93. The van der Waals surface area contributed by atoms with E-state index in [4.69, 9.17) is 5.73 Å². The molecule has 74 valence electrons. The van der Waals surface area contributed by atoms with Crippen molar-refractivity contribution in [3.8, 4) is 0 Å². The highest BCUT2D eigenvalue weighted by Gasteiger charge is 2.06. The third-order valence-corrected chi connectivity index (χ3v) is 1.39. The summed E-state index contributed by atoms with van der Waals surface area (Å²) in [5.41, 5.74) is 7.45. The molecule has 0 aromatic carbocycles. The number of nitrogens with zero attached hydrogens (tertiary/aromatic N) is 1. The van der Waals surface area contributed by atoms with Gasteiger partial charge in [0.15, 0.2) is 0 Å². The van der Waals surface area contributed by atoms with Crippen molar-refractivity contribution in [3.63, 3.8) is 0 Å². The van der Waals surface area contributed by atoms with E-state index >= 15 is 0 Å². The van der Waals surface area contributed by atoms with Gasteiger partial charge < -0.3 is 11.1 Å². The fraction of sp³-hybridized carbons (Fsp3) is 0.571. The molecule has 4 N–H and O–H groups in total. The molecule has 0 aliphatic carbocycles. The summed E-state index contributed by atoms with van der Waals surface area (Å²) in [7, 11) is 0. The van der Waals surface area contributed by atoms with E-state index in [9.17, 15) is 9.59 Å². The molecule has 0 radical (unpaired) electrons. The number of hydrogen-bond donors (Lipinski definition) is 3. The van der Waals surface area contributed by atoms with E-state index in [2.05, 4.69) is 15.8 Å². The normalized spacial score (nSPS) is 13.3. The fourth-order valence-electron chi connectivity index (χ4n) is 0.649. The van der Waals surface area contributed by atoms with Crippen molar-refractivity contribution in [3.05, 3.63) is 0 Å². The van der Waals surface area contributed by atoms with Crippen molar-refractivity contribution in [2.45, 2.75) is 26.8 Å². The van der Waals surface area contributed by atoms with Crippen LogP contribution < -0.4 is 16.5 Å². The Labute approximate surface area is 76.6 Å². The number of hydrazone groups is 1. The van der Waals surface area contributed by atoms with Gasteiger partial charge in [-0.15, -0.1) is 0 Å². The molecule has 0 saturated carbocycles. The number of nitrogens with two attached hydrogens (primary N) is 1. The lowest BCUT2D eigenvalue weighted by atomic mass is 10.2. The second-order valence-electron chi connectivity index (χ2n) is 2.65. The van der Waals surface area contributed by atoms with Crippen LogP contribution in [-0.4, -0.2) is 23.7 Å². The van der Waals surface area contributed by atoms with Gasteiger partial charge in [0.25, 0.3) is 0 Å². The molecule has 13 heavy (non-hydrogen) atoms. The minimum absolute atomic E-state index is 0.152. The van der Waals surface area contributed by atoms with Crippen LogP contribution in [0.25, 0.3) is 0 Å². The summed E-state index contributed by atoms with van der Waals surface area (Å²) in [5, 5.41) is 6.26. The van der Waals surface area contributed by atoms with Gasteiger partial charge in [0.2, 0.25) is 5.91 Å². The molecule has 0 rings (SSSR count). The van der Waals surface area contributed by atoms with Gasteiger partial charge in [0.1, 0.15) is 0 Å². The van der Waals surface area contributed by atoms with Crippen molar-refractivity contribution in [1.82, 2.24) is 10.7 Å². The largest absolute Gasteiger partial charge is 0.350 e. The predicted molar refractivity (Wildman–Crippen MR) is 49.1 cm³/mol. The van der Waals surface area contributed by atoms with E-state index in [0.717, 1.165) is 0 Å². The smallest absolute Gasteiger partial charge is 0.332 e. The molecule has 3 amide bonds. The van der Waals surface area contributed by atoms with E-state index < -0.39 is 6.03 Å². The standard InChI is InChI=1S/C7H14N4O2/c1-4(9-6(3)12)5(2)10-11-7(8)13/h4H,1-3H3,(H,9,12)(H3,8,11,13)/b10-5-/t4-/m0/s1. The number of primary amides is 1. The van der Waals surface area contributed by atoms with Crippen molar-refractivity contribution in [2.24, 2.45) is 10.8 Å². The molecular weight excluding hydrogens is 172 g/mol. The van der Waals surface area contributed by atoms with Gasteiger partial charge in [-0.1, -0.05) is 0 Å². The highest BCUT2D eigenvalue weighted by molar-refractivity contribution is 5.91. The topological polar surface area (TPSA) is 96.6 Å². The summed E-state index contributed by atoms with van der Waals surface area (Å²) in [6, 6.07) is -0.946. The zero-order valence-corrected chi connectivity index (χ0v) is 7.92. The first-order valence-corrected chi connectivity index (χ1v) is 3.80. The average Bonchev–Trinajstić information content (AvgIpc) is 1.98. The summed E-state index contributed by atoms with van der Waals surface area (Å²) < 4.78 is 0. The van der Waals surface area contributed by atoms with Crippen LogP contribution in [0.4, 0.5) is 4.79 Å². The minimum Gasteiger partial charge on any atom is -0.350 e. The molecule has 0 aromatic rings. The van der Waals surface area contributed by atoms with Crippen LogP contribution in [0.15, 0.2) is 5.10 Å². The second kappa shape index (κ2) is 5.13. The van der Waals surface area contributed by atoms with Crippen LogP contribution >= 0.6 is 0 Å². The lowest BCUT2D eigenvalue weighted by molar-refractivity contribution is -0.119. The van der Waals surface area contributed by atoms with E-state index in [1.165, 1.54) is 6.92 Å². The van der Waals surface area contributed by atoms with Gasteiger partial charge in [-0.05, 0) is 13.8 Å². The molecular formula is C7H14N4O2. The third kappa shape index (κ3) is 5.66. The number of carbonyl (C=O) groups is 2. The summed E-state index contributed by atoms with van der Waals surface area (Å²) in [6.07, 6.45) is 0. The Morgan fingerprint density at radius 1 is 1.38 bits per heavy atom. The number of hydrogen-bond acceptors (Lipinski definition) is 3. The molecule has 0 aromatic heterocycles. The number of rotatable bonds is 3. The van der Waals surface area contributed by atoms with Crippen LogP contribution in [0.2, 0.25) is 0 Å². The molecule has 0 aliphatic heterocycles. The van der Waals surface area contributed by atoms with Crippen molar-refractivity contribution >= 4 is 17.6 Å². The number of urea groups is 1. The van der Waals surface area contributed by atoms with Crippen LogP contribution in [-0.2, 0) is 4.79 Å². The van der Waals surface area contributed by atoms with E-state index in [1.807, 2.05) is 0 Å². The highest BCUT2D eigenvalue weighted by atomic mass is 16.2. The first-order valence-electron chi connectivity index (χ1n) is 3.80. The zero-order valence-electron chi connectivity index (χ0n) is 7.92. The lowest BCUT2D eigenvalue weighted by Crippen LogP contribution is -2.37. The van der Waals surface area contributed by atoms with E-state index in [1.54, 1.807) is 13.8 Å². The Morgan fingerprint density at radius 2 is 1.92 bits per heavy atom. The molecule has 0 aliphatic rings. The second-order valence-corrected chi connectivity index (χ2v) is 2.65. The van der Waals surface area contributed by atoms with Crippen LogP contribution in [0.1, 0.15) is 20.8 Å². The summed E-state index contributed by atoms with van der Waals surface area (Å²) in [4.78, 5) is 20.9. The Balaban J connectivity index is 4.07. The highest BCUT2D eigenvalue weighted by Crippen LogP contribution is 1.86. The predicted octanol–water partition coefficient (Wildman–Crippen LogP) is -0.445. The van der Waals surface area contributed by atoms with Gasteiger partial charge >= 0.3 is 6.03 Å². The van der Waals surface area contributed by atoms with Gasteiger partial charge in [-0.25, -0.2) is 10.2 Å². The molecule has 0 fully saturated rings. The van der Waals surface area contributed by atoms with Gasteiger partial charge in [-0.3, -0.25) is 4.79 Å². The maximum Gasteiger partial charge on any atom is 0.332 e. The molecule has 0 heterocycles. The molecule has 6 heteroatoms. The molecule has 0 bridgehead atoms. The Morgan fingerprint density at radius 3 is 2.31 bits per heavy atom. The Kier molecular flexibility index (Phi) is 4.50. The number of carbonyl (C=O) groups excluding carboxylic acids is 2. The molecule has 0 unspecified atom stereocenters. The van der Waals surface area contributed by atoms with E-state index in [-0.39, 0.29) is 11.9 Å². The van der Waals surface area contributed by atoms with Gasteiger partial charge in [-0.2, -0.15) is 5.10 Å². The first kappa shape index (κ1) is 11.4. The fourth-order valence-corrected chi connectivity index (χ4v) is 0.649. The minimum atomic E-state index is -0.727. The van der Waals surface area contributed by atoms with Crippen LogP contribution in [0, 0.1) is 0 Å². The van der Waals surface area contributed by atoms with Crippen molar-refractivity contribution < 1.29 is 9.59 Å². The number of amides is 3. The SMILES string of the molecule is CC(=O)N[C@@H](C)/C(C)=N\NC(N)=O. The monoisotopic (exact) mass is 186 g/mol. The van der Waals surface area contributed by atoms with Gasteiger partial charge in [0, 0.05) is 6.92 Å². The zero-order chi connectivity index (χ0) is 10.4. The number of nitrogens with one attached hydrogen (secondary N) is 2. The third-order valence-electron chi connectivity index (χ3n) is 1.39. The van der Waals surface area contributed by atoms with Crippen LogP contribution in [0.3, 0.4) is 0 Å². The maximum absolute atomic E-state index is 10.6. The average molecular weight is 186 g/mol. The quantitative estimate of drug-likeness (QED) is 0.411. The van der Waals surface area contributed by atoms with Gasteiger partial charge in [0.05, 0.1) is 11.8 Å². The Hall–Kier alpha value is -1.59. The molecule has 0 saturated heterocycles. The van der Waals surface area contributed by atoms with Crippen LogP contribution in [0.5, 0.6) is 0 Å². The molecule has 1 atom stereocenters. The summed E-state index contributed by atoms with van der Waals surface area (Å²) in [5.74, 6) is -0.152. The van der Waals surface area contributed by atoms with E-state index in [0.29, 0.717) is 5.71 Å². The molecule has 6 nitrogen and oxygen atoms in total. The summed E-state index contributed by atoms with van der Waals surface area (Å²) in [6.45, 7) is 4.84. The molecule has 0 spiro atoms. The summed E-state index contributed by atoms with van der Waals surface area (Å²) >= 11 is 0. The Bertz CT molecular complexity index is 237. The lowest BCUT2D eigenvalue weighted by Gasteiger charge is -2.11.